The molecular weight excluding hydrogens is 353 g/mol. The van der Waals surface area contributed by atoms with Crippen molar-refractivity contribution in [2.75, 3.05) is 0 Å². The molecule has 0 amide bonds. The Morgan fingerprint density at radius 2 is 2.12 bits per heavy atom. The van der Waals surface area contributed by atoms with Crippen molar-refractivity contribution in [3.63, 3.8) is 0 Å². The first kappa shape index (κ1) is 16.5. The number of benzene rings is 1. The number of nitrogens with one attached hydrogen (secondary N) is 1. The highest BCUT2D eigenvalue weighted by Crippen LogP contribution is 2.19. The van der Waals surface area contributed by atoms with Gasteiger partial charge in [-0.1, -0.05) is 6.92 Å². The zero-order chi connectivity index (χ0) is 18.1. The third kappa shape index (κ3) is 3.25. The molecule has 5 nitrogen and oxygen atoms in total. The molecule has 3 heterocycles. The van der Waals surface area contributed by atoms with E-state index >= 15 is 0 Å². The average molecular weight is 369 g/mol. The second kappa shape index (κ2) is 6.76. The number of thiophene rings is 1. The number of aryl methyl sites for hydroxylation is 1. The van der Waals surface area contributed by atoms with Gasteiger partial charge in [-0.15, -0.1) is 11.3 Å². The van der Waals surface area contributed by atoms with E-state index in [1.165, 1.54) is 12.1 Å². The van der Waals surface area contributed by atoms with Crippen LogP contribution < -0.4 is 10.3 Å². The second-order valence-corrected chi connectivity index (χ2v) is 6.92. The molecular formula is C19H16FN3O2S. The van der Waals surface area contributed by atoms with Gasteiger partial charge in [0.1, 0.15) is 18.2 Å². The number of pyridine rings is 1. The third-order valence-electron chi connectivity index (χ3n) is 4.03. The Labute approximate surface area is 152 Å². The molecule has 0 saturated carbocycles. The highest BCUT2D eigenvalue weighted by molar-refractivity contribution is 7.10. The van der Waals surface area contributed by atoms with E-state index in [2.05, 4.69) is 9.97 Å². The summed E-state index contributed by atoms with van der Waals surface area (Å²) in [5.74, 6) is 1.37. The number of hydrogen-bond donors (Lipinski definition) is 1. The SMILES string of the molecule is CCc1nc2ccc(-n3ccc(OCc4ccc(F)s4)cc3=O)cc2[nH]1. The number of fused-ring (bicyclic) bond motifs is 1. The number of rotatable bonds is 5. The highest BCUT2D eigenvalue weighted by Gasteiger charge is 2.07. The molecule has 1 aromatic carbocycles. The molecule has 0 aliphatic rings. The summed E-state index contributed by atoms with van der Waals surface area (Å²) in [6, 6.07) is 11.9. The number of aromatic amines is 1. The lowest BCUT2D eigenvalue weighted by atomic mass is 10.2. The number of imidazole rings is 1. The lowest BCUT2D eigenvalue weighted by Gasteiger charge is -2.08. The van der Waals surface area contributed by atoms with Crippen LogP contribution in [0.5, 0.6) is 5.75 Å². The first-order valence-corrected chi connectivity index (χ1v) is 9.03. The van der Waals surface area contributed by atoms with Gasteiger partial charge in [0.05, 0.1) is 16.7 Å². The summed E-state index contributed by atoms with van der Waals surface area (Å²) in [5.41, 5.74) is 2.32. The fourth-order valence-corrected chi connectivity index (χ4v) is 3.36. The minimum Gasteiger partial charge on any atom is -0.488 e. The number of aromatic nitrogens is 3. The molecule has 0 atom stereocenters. The zero-order valence-electron chi connectivity index (χ0n) is 14.0. The van der Waals surface area contributed by atoms with Crippen LogP contribution in [0, 0.1) is 5.13 Å². The molecule has 3 aromatic heterocycles. The summed E-state index contributed by atoms with van der Waals surface area (Å²) >= 11 is 1.03. The van der Waals surface area contributed by atoms with E-state index in [-0.39, 0.29) is 17.3 Å². The van der Waals surface area contributed by atoms with E-state index in [9.17, 15) is 9.18 Å². The van der Waals surface area contributed by atoms with Crippen molar-refractivity contribution in [3.05, 3.63) is 74.8 Å². The molecule has 4 rings (SSSR count). The largest absolute Gasteiger partial charge is 0.488 e. The maximum atomic E-state index is 13.0. The van der Waals surface area contributed by atoms with Crippen molar-refractivity contribution in [1.29, 1.82) is 0 Å². The van der Waals surface area contributed by atoms with E-state index in [4.69, 9.17) is 4.74 Å². The quantitative estimate of drug-likeness (QED) is 0.577. The summed E-state index contributed by atoms with van der Waals surface area (Å²) in [5, 5.41) is -0.251. The Kier molecular flexibility index (Phi) is 4.30. The van der Waals surface area contributed by atoms with Gasteiger partial charge in [-0.05, 0) is 36.4 Å². The predicted molar refractivity (Wildman–Crippen MR) is 99.7 cm³/mol. The van der Waals surface area contributed by atoms with Crippen molar-refractivity contribution in [3.8, 4) is 11.4 Å². The summed E-state index contributed by atoms with van der Waals surface area (Å²) in [6.07, 6.45) is 2.50. The van der Waals surface area contributed by atoms with Crippen molar-refractivity contribution >= 4 is 22.4 Å². The molecule has 0 aliphatic heterocycles. The van der Waals surface area contributed by atoms with Crippen molar-refractivity contribution in [2.45, 2.75) is 20.0 Å². The summed E-state index contributed by atoms with van der Waals surface area (Å²) in [7, 11) is 0. The van der Waals surface area contributed by atoms with Crippen LogP contribution in [-0.4, -0.2) is 14.5 Å². The lowest BCUT2D eigenvalue weighted by Crippen LogP contribution is -2.16. The van der Waals surface area contributed by atoms with Crippen LogP contribution in [0.1, 0.15) is 17.6 Å². The smallest absolute Gasteiger partial charge is 0.258 e. The lowest BCUT2D eigenvalue weighted by molar-refractivity contribution is 0.309. The molecule has 132 valence electrons. The first-order valence-electron chi connectivity index (χ1n) is 8.21. The monoisotopic (exact) mass is 369 g/mol. The fourth-order valence-electron chi connectivity index (χ4n) is 2.72. The van der Waals surface area contributed by atoms with Gasteiger partial charge in [-0.2, -0.15) is 4.39 Å². The number of hydrogen-bond acceptors (Lipinski definition) is 4. The standard InChI is InChI=1S/C19H16FN3O2S/c1-2-18-21-15-5-3-12(9-16(15)22-18)23-8-7-13(10-19(23)24)25-11-14-4-6-17(20)26-14/h3-10H,2,11H2,1H3,(H,21,22). The minimum atomic E-state index is -0.251. The molecule has 0 unspecified atom stereocenters. The average Bonchev–Trinajstić information content (AvgIpc) is 3.25. The Hall–Kier alpha value is -2.93. The van der Waals surface area contributed by atoms with Crippen LogP contribution >= 0.6 is 11.3 Å². The van der Waals surface area contributed by atoms with E-state index < -0.39 is 0 Å². The van der Waals surface area contributed by atoms with Crippen LogP contribution in [0.4, 0.5) is 4.39 Å². The van der Waals surface area contributed by atoms with Gasteiger partial charge in [0.25, 0.3) is 5.56 Å². The summed E-state index contributed by atoms with van der Waals surface area (Å²) < 4.78 is 20.1. The van der Waals surface area contributed by atoms with E-state index in [1.54, 1.807) is 22.9 Å². The molecule has 1 N–H and O–H groups in total. The number of nitrogens with zero attached hydrogens (tertiary/aromatic N) is 2. The van der Waals surface area contributed by atoms with Gasteiger partial charge in [0.2, 0.25) is 0 Å². The van der Waals surface area contributed by atoms with Crippen LogP contribution in [0.3, 0.4) is 0 Å². The van der Waals surface area contributed by atoms with Crippen molar-refractivity contribution < 1.29 is 9.13 Å². The topological polar surface area (TPSA) is 59.9 Å². The third-order valence-corrected chi connectivity index (χ3v) is 4.88. The Morgan fingerprint density at radius 1 is 1.23 bits per heavy atom. The molecule has 0 bridgehead atoms. The van der Waals surface area contributed by atoms with E-state index in [0.717, 1.165) is 45.2 Å². The molecule has 0 spiro atoms. The summed E-state index contributed by atoms with van der Waals surface area (Å²) in [6.45, 7) is 2.27. The van der Waals surface area contributed by atoms with Gasteiger partial charge >= 0.3 is 0 Å². The molecule has 4 aromatic rings. The normalized spacial score (nSPS) is 11.2. The number of halogens is 1. The predicted octanol–water partition coefficient (Wildman–Crippen LogP) is 4.06. The first-order chi connectivity index (χ1) is 12.6. The Bertz CT molecular complexity index is 1130. The second-order valence-electron chi connectivity index (χ2n) is 5.80. The van der Waals surface area contributed by atoms with Crippen LogP contribution in [-0.2, 0) is 13.0 Å². The molecule has 0 fully saturated rings. The Morgan fingerprint density at radius 3 is 2.85 bits per heavy atom. The van der Waals surface area contributed by atoms with Gasteiger partial charge in [0, 0.05) is 23.6 Å². The van der Waals surface area contributed by atoms with Gasteiger partial charge in [-0.3, -0.25) is 9.36 Å². The maximum Gasteiger partial charge on any atom is 0.258 e. The van der Waals surface area contributed by atoms with E-state index in [0.29, 0.717) is 5.75 Å². The van der Waals surface area contributed by atoms with Crippen molar-refractivity contribution in [2.24, 2.45) is 0 Å². The minimum absolute atomic E-state index is 0.200. The molecule has 0 radical (unpaired) electrons. The maximum absolute atomic E-state index is 13.0. The summed E-state index contributed by atoms with van der Waals surface area (Å²) in [4.78, 5) is 20.9. The van der Waals surface area contributed by atoms with Crippen LogP contribution in [0.15, 0.2) is 53.5 Å². The zero-order valence-corrected chi connectivity index (χ0v) is 14.8. The number of ether oxygens (including phenoxy) is 1. The molecule has 26 heavy (non-hydrogen) atoms. The molecule has 0 saturated heterocycles. The van der Waals surface area contributed by atoms with Crippen LogP contribution in [0.2, 0.25) is 0 Å². The fraction of sp³-hybridized carbons (Fsp3) is 0.158. The van der Waals surface area contributed by atoms with E-state index in [1.807, 2.05) is 25.1 Å². The van der Waals surface area contributed by atoms with Crippen molar-refractivity contribution in [1.82, 2.24) is 14.5 Å². The molecule has 7 heteroatoms. The van der Waals surface area contributed by atoms with Gasteiger partial charge in [-0.25, -0.2) is 4.98 Å². The number of H-pyrrole nitrogens is 1. The van der Waals surface area contributed by atoms with Gasteiger partial charge < -0.3 is 9.72 Å². The van der Waals surface area contributed by atoms with Gasteiger partial charge in [0.15, 0.2) is 5.13 Å². The Balaban J connectivity index is 1.58. The molecule has 0 aliphatic carbocycles. The van der Waals surface area contributed by atoms with Crippen LogP contribution in [0.25, 0.3) is 16.7 Å². The highest BCUT2D eigenvalue weighted by atomic mass is 32.1.